The van der Waals surface area contributed by atoms with E-state index in [-0.39, 0.29) is 11.7 Å². The van der Waals surface area contributed by atoms with Crippen molar-refractivity contribution in [3.8, 4) is 0 Å². The van der Waals surface area contributed by atoms with Gasteiger partial charge in [-0.2, -0.15) is 13.2 Å². The number of halogens is 3. The van der Waals surface area contributed by atoms with Gasteiger partial charge in [0, 0.05) is 63.3 Å². The first-order valence-corrected chi connectivity index (χ1v) is 9.70. The van der Waals surface area contributed by atoms with Crippen LogP contribution < -0.4 is 5.32 Å². The van der Waals surface area contributed by atoms with E-state index in [0.29, 0.717) is 19.0 Å². The lowest BCUT2D eigenvalue weighted by Crippen LogP contribution is -2.50. The fourth-order valence-corrected chi connectivity index (χ4v) is 3.41. The number of benzene rings is 1. The molecule has 9 heteroatoms. The molecule has 3 rings (SSSR count). The van der Waals surface area contributed by atoms with Gasteiger partial charge in [-0.05, 0) is 18.2 Å². The number of imidazole rings is 1. The molecule has 0 spiro atoms. The third-order valence-electron chi connectivity index (χ3n) is 5.02. The number of aromatic nitrogens is 2. The van der Waals surface area contributed by atoms with Gasteiger partial charge in [-0.3, -0.25) is 4.90 Å². The first-order chi connectivity index (χ1) is 13.7. The van der Waals surface area contributed by atoms with E-state index >= 15 is 0 Å². The van der Waals surface area contributed by atoms with Gasteiger partial charge in [0.1, 0.15) is 5.82 Å². The highest BCUT2D eigenvalue weighted by Gasteiger charge is 2.30. The molecule has 0 bridgehead atoms. The molecule has 2 aromatic rings. The molecule has 2 heterocycles. The van der Waals surface area contributed by atoms with Crippen LogP contribution in [-0.4, -0.2) is 58.1 Å². The van der Waals surface area contributed by atoms with Crippen molar-refractivity contribution in [2.24, 2.45) is 0 Å². The highest BCUT2D eigenvalue weighted by Crippen LogP contribution is 2.30. The maximum Gasteiger partial charge on any atom is 0.416 e. The van der Waals surface area contributed by atoms with Gasteiger partial charge < -0.3 is 14.8 Å². The standard InChI is InChI=1S/C20H26F3N5O/c1-15(2)18-24-6-7-27(18)11-8-26-9-12-28(13-10-26)19(29)25-17-5-3-4-16(14-17)20(21,22)23/h3-7,14-15H,8-13H2,1-2H3,(H,25,29). The van der Waals surface area contributed by atoms with E-state index in [1.54, 1.807) is 4.90 Å². The second-order valence-electron chi connectivity index (χ2n) is 7.47. The predicted molar refractivity (Wildman–Crippen MR) is 105 cm³/mol. The fourth-order valence-electron chi connectivity index (χ4n) is 3.41. The lowest BCUT2D eigenvalue weighted by molar-refractivity contribution is -0.137. The van der Waals surface area contributed by atoms with Crippen molar-refractivity contribution in [1.82, 2.24) is 19.4 Å². The SMILES string of the molecule is CC(C)c1nccn1CCN1CCN(C(=O)Nc2cccc(C(F)(F)F)c2)CC1. The van der Waals surface area contributed by atoms with Gasteiger partial charge in [0.05, 0.1) is 5.56 Å². The number of piperazine rings is 1. The van der Waals surface area contributed by atoms with E-state index in [2.05, 4.69) is 33.6 Å². The Morgan fingerprint density at radius 3 is 2.55 bits per heavy atom. The Bertz CT molecular complexity index is 826. The number of anilines is 1. The van der Waals surface area contributed by atoms with Crippen molar-refractivity contribution >= 4 is 11.7 Å². The molecular formula is C20H26F3N5O. The van der Waals surface area contributed by atoms with E-state index < -0.39 is 11.7 Å². The molecular weight excluding hydrogens is 383 g/mol. The molecule has 2 amide bonds. The van der Waals surface area contributed by atoms with Crippen LogP contribution in [0.5, 0.6) is 0 Å². The average molecular weight is 409 g/mol. The molecule has 158 valence electrons. The van der Waals surface area contributed by atoms with Crippen LogP contribution in [0.1, 0.15) is 31.2 Å². The minimum atomic E-state index is -4.43. The highest BCUT2D eigenvalue weighted by molar-refractivity contribution is 5.89. The summed E-state index contributed by atoms with van der Waals surface area (Å²) < 4.78 is 40.6. The molecule has 1 aromatic carbocycles. The number of carbonyl (C=O) groups excluding carboxylic acids is 1. The predicted octanol–water partition coefficient (Wildman–Crippen LogP) is 3.88. The van der Waals surface area contributed by atoms with Crippen LogP contribution >= 0.6 is 0 Å². The Labute approximate surface area is 168 Å². The summed E-state index contributed by atoms with van der Waals surface area (Å²) >= 11 is 0. The number of carbonyl (C=O) groups is 1. The molecule has 0 radical (unpaired) electrons. The molecule has 1 saturated heterocycles. The third-order valence-corrected chi connectivity index (χ3v) is 5.02. The molecule has 1 aliphatic rings. The number of rotatable bonds is 5. The van der Waals surface area contributed by atoms with E-state index in [1.165, 1.54) is 12.1 Å². The monoisotopic (exact) mass is 409 g/mol. The van der Waals surface area contributed by atoms with Crippen LogP contribution in [0.2, 0.25) is 0 Å². The summed E-state index contributed by atoms with van der Waals surface area (Å²) in [6, 6.07) is 4.31. The number of nitrogens with zero attached hydrogens (tertiary/aromatic N) is 4. The number of hydrogen-bond donors (Lipinski definition) is 1. The van der Waals surface area contributed by atoms with Gasteiger partial charge in [0.15, 0.2) is 0 Å². The fraction of sp³-hybridized carbons (Fsp3) is 0.500. The van der Waals surface area contributed by atoms with Gasteiger partial charge >= 0.3 is 12.2 Å². The van der Waals surface area contributed by atoms with Gasteiger partial charge in [0.25, 0.3) is 0 Å². The second-order valence-corrected chi connectivity index (χ2v) is 7.47. The third kappa shape index (κ3) is 5.50. The van der Waals surface area contributed by atoms with Crippen molar-refractivity contribution in [2.45, 2.75) is 32.5 Å². The van der Waals surface area contributed by atoms with Gasteiger partial charge in [-0.1, -0.05) is 19.9 Å². The summed E-state index contributed by atoms with van der Waals surface area (Å²) in [4.78, 5) is 20.7. The van der Waals surface area contributed by atoms with E-state index in [9.17, 15) is 18.0 Å². The zero-order valence-electron chi connectivity index (χ0n) is 16.6. The van der Waals surface area contributed by atoms with Crippen LogP contribution in [0.3, 0.4) is 0 Å². The summed E-state index contributed by atoms with van der Waals surface area (Å²) in [6.45, 7) is 8.44. The minimum absolute atomic E-state index is 0.147. The van der Waals surface area contributed by atoms with Crippen molar-refractivity contribution in [1.29, 1.82) is 0 Å². The Morgan fingerprint density at radius 2 is 1.90 bits per heavy atom. The van der Waals surface area contributed by atoms with Gasteiger partial charge in [-0.25, -0.2) is 9.78 Å². The van der Waals surface area contributed by atoms with Crippen LogP contribution in [0.15, 0.2) is 36.7 Å². The maximum atomic E-state index is 12.8. The van der Waals surface area contributed by atoms with Crippen LogP contribution in [0.25, 0.3) is 0 Å². The summed E-state index contributed by atoms with van der Waals surface area (Å²) in [5, 5.41) is 2.57. The van der Waals surface area contributed by atoms with Crippen molar-refractivity contribution < 1.29 is 18.0 Å². The molecule has 1 fully saturated rings. The first-order valence-electron chi connectivity index (χ1n) is 9.70. The Morgan fingerprint density at radius 1 is 1.17 bits per heavy atom. The highest BCUT2D eigenvalue weighted by atomic mass is 19.4. The molecule has 1 aliphatic heterocycles. The number of nitrogens with one attached hydrogen (secondary N) is 1. The molecule has 0 aliphatic carbocycles. The number of urea groups is 1. The molecule has 0 atom stereocenters. The van der Waals surface area contributed by atoms with Crippen molar-refractivity contribution in [2.75, 3.05) is 38.0 Å². The Balaban J connectivity index is 1.48. The summed E-state index contributed by atoms with van der Waals surface area (Å²) in [7, 11) is 0. The molecule has 6 nitrogen and oxygen atoms in total. The maximum absolute atomic E-state index is 12.8. The largest absolute Gasteiger partial charge is 0.416 e. The summed E-state index contributed by atoms with van der Waals surface area (Å²) in [5.41, 5.74) is -0.631. The lowest BCUT2D eigenvalue weighted by atomic mass is 10.2. The molecule has 1 aromatic heterocycles. The molecule has 0 saturated carbocycles. The summed E-state index contributed by atoms with van der Waals surface area (Å²) in [6.07, 6.45) is -0.642. The lowest BCUT2D eigenvalue weighted by Gasteiger charge is -2.34. The quantitative estimate of drug-likeness (QED) is 0.816. The van der Waals surface area contributed by atoms with E-state index in [4.69, 9.17) is 0 Å². The van der Waals surface area contributed by atoms with Crippen molar-refractivity contribution in [3.63, 3.8) is 0 Å². The molecule has 1 N–H and O–H groups in total. The molecule has 29 heavy (non-hydrogen) atoms. The Kier molecular flexibility index (Phi) is 6.46. The van der Waals surface area contributed by atoms with Crippen LogP contribution in [0.4, 0.5) is 23.7 Å². The molecule has 0 unspecified atom stereocenters. The minimum Gasteiger partial charge on any atom is -0.333 e. The number of amides is 2. The zero-order valence-corrected chi connectivity index (χ0v) is 16.6. The number of alkyl halides is 3. The van der Waals surface area contributed by atoms with E-state index in [1.807, 2.05) is 12.4 Å². The first kappa shape index (κ1) is 21.2. The normalized spacial score (nSPS) is 15.7. The average Bonchev–Trinajstić information content (AvgIpc) is 3.15. The second kappa shape index (κ2) is 8.86. The van der Waals surface area contributed by atoms with Crippen LogP contribution in [-0.2, 0) is 12.7 Å². The smallest absolute Gasteiger partial charge is 0.333 e. The van der Waals surface area contributed by atoms with Gasteiger partial charge in [0.2, 0.25) is 0 Å². The Hall–Kier alpha value is -2.55. The van der Waals surface area contributed by atoms with Gasteiger partial charge in [-0.15, -0.1) is 0 Å². The van der Waals surface area contributed by atoms with Crippen molar-refractivity contribution in [3.05, 3.63) is 48.0 Å². The number of hydrogen-bond acceptors (Lipinski definition) is 3. The van der Waals surface area contributed by atoms with Crippen LogP contribution in [0, 0.1) is 0 Å². The summed E-state index contributed by atoms with van der Waals surface area (Å²) in [5.74, 6) is 1.42. The zero-order chi connectivity index (χ0) is 21.0. The topological polar surface area (TPSA) is 53.4 Å². The van der Waals surface area contributed by atoms with E-state index in [0.717, 1.165) is 44.1 Å².